The molecule has 4 rings (SSSR count). The molecule has 2 heterocycles. The maximum absolute atomic E-state index is 13.3. The number of benzene rings is 2. The highest BCUT2D eigenvalue weighted by Crippen LogP contribution is 2.29. The fourth-order valence-corrected chi connectivity index (χ4v) is 7.25. The Bertz CT molecular complexity index is 1400. The summed E-state index contributed by atoms with van der Waals surface area (Å²) in [6, 6.07) is 16.3. The number of aliphatic imine (C=N–C) groups is 1. The van der Waals surface area contributed by atoms with Gasteiger partial charge in [-0.1, -0.05) is 97.0 Å². The van der Waals surface area contributed by atoms with Gasteiger partial charge < -0.3 is 20.6 Å². The van der Waals surface area contributed by atoms with Crippen molar-refractivity contribution in [2.45, 2.75) is 117 Å². The Morgan fingerprint density at radius 3 is 1.88 bits per heavy atom. The summed E-state index contributed by atoms with van der Waals surface area (Å²) in [5, 5.41) is 13.2. The molecule has 1 aromatic heterocycles. The second-order valence-electron chi connectivity index (χ2n) is 13.6. The van der Waals surface area contributed by atoms with Gasteiger partial charge in [-0.3, -0.25) is 4.79 Å². The predicted octanol–water partition coefficient (Wildman–Crippen LogP) is 10.4. The van der Waals surface area contributed by atoms with Crippen molar-refractivity contribution in [1.29, 1.82) is 0 Å². The number of anilines is 1. The SMILES string of the molecule is CCCCCCCCCc1cc(/C=C/C(=O)N2CCN(c3ccc(N=C(N)c4cccs4)cc3)CC2)cc(CCCCCCCCC)c1O. The first kappa shape index (κ1) is 38.2. The minimum atomic E-state index is 0.0451. The molecule has 1 amide bonds. The summed E-state index contributed by atoms with van der Waals surface area (Å²) in [7, 11) is 0. The van der Waals surface area contributed by atoms with E-state index in [9.17, 15) is 9.90 Å². The van der Waals surface area contributed by atoms with Crippen molar-refractivity contribution in [2.24, 2.45) is 10.7 Å². The van der Waals surface area contributed by atoms with Crippen molar-refractivity contribution < 1.29 is 9.90 Å². The Hall–Kier alpha value is -3.58. The van der Waals surface area contributed by atoms with Crippen molar-refractivity contribution in [3.63, 3.8) is 0 Å². The van der Waals surface area contributed by atoms with Crippen LogP contribution in [0.4, 0.5) is 11.4 Å². The van der Waals surface area contributed by atoms with Gasteiger partial charge in [0.15, 0.2) is 0 Å². The van der Waals surface area contributed by atoms with Gasteiger partial charge in [0.25, 0.3) is 0 Å². The number of nitrogens with zero attached hydrogens (tertiary/aromatic N) is 3. The summed E-state index contributed by atoms with van der Waals surface area (Å²) >= 11 is 1.58. The molecule has 3 N–H and O–H groups in total. The van der Waals surface area contributed by atoms with Crippen LogP contribution in [-0.4, -0.2) is 47.9 Å². The van der Waals surface area contributed by atoms with E-state index in [-0.39, 0.29) is 5.91 Å². The lowest BCUT2D eigenvalue weighted by Crippen LogP contribution is -2.48. The van der Waals surface area contributed by atoms with Crippen molar-refractivity contribution in [2.75, 3.05) is 31.1 Å². The van der Waals surface area contributed by atoms with Gasteiger partial charge in [0, 0.05) is 37.9 Å². The average molecular weight is 685 g/mol. The van der Waals surface area contributed by atoms with Crippen LogP contribution in [0.1, 0.15) is 125 Å². The standard InChI is InChI=1S/C42H60N4O2S/c1-3-5-7-9-11-13-15-18-35-32-34(33-36(41(35)48)19-16-14-12-10-8-6-4-2)21-26-40(47)46-29-27-45(28-30-46)38-24-22-37(23-25-38)44-42(43)39-20-17-31-49-39/h17,20-26,31-33,48H,3-16,18-19,27-30H2,1-2H3,(H2,43,44)/b26-21+. The van der Waals surface area contributed by atoms with Crippen LogP contribution in [0.25, 0.3) is 6.08 Å². The Labute approximate surface area is 300 Å². The van der Waals surface area contributed by atoms with E-state index >= 15 is 0 Å². The monoisotopic (exact) mass is 684 g/mol. The maximum atomic E-state index is 13.3. The number of amidine groups is 1. The predicted molar refractivity (Wildman–Crippen MR) is 210 cm³/mol. The molecule has 2 aromatic carbocycles. The van der Waals surface area contributed by atoms with Gasteiger partial charge in [-0.2, -0.15) is 0 Å². The number of rotatable bonds is 21. The zero-order valence-corrected chi connectivity index (χ0v) is 31.0. The van der Waals surface area contributed by atoms with Crippen LogP contribution in [0.2, 0.25) is 0 Å². The molecule has 0 spiro atoms. The highest BCUT2D eigenvalue weighted by Gasteiger charge is 2.20. The van der Waals surface area contributed by atoms with E-state index in [1.807, 2.05) is 40.6 Å². The van der Waals surface area contributed by atoms with Gasteiger partial charge in [0.05, 0.1) is 10.6 Å². The number of piperazine rings is 1. The summed E-state index contributed by atoms with van der Waals surface area (Å²) in [4.78, 5) is 23.1. The fourth-order valence-electron chi connectivity index (χ4n) is 6.62. The van der Waals surface area contributed by atoms with Gasteiger partial charge in [-0.05, 0) is 96.3 Å². The third kappa shape index (κ3) is 13.0. The van der Waals surface area contributed by atoms with Crippen LogP contribution in [-0.2, 0) is 17.6 Å². The van der Waals surface area contributed by atoms with Gasteiger partial charge in [0.1, 0.15) is 11.6 Å². The number of phenolic OH excluding ortho intramolecular Hbond substituents is 1. The van der Waals surface area contributed by atoms with Crippen LogP contribution in [0, 0.1) is 0 Å². The van der Waals surface area contributed by atoms with Gasteiger partial charge >= 0.3 is 0 Å². The Morgan fingerprint density at radius 1 is 0.796 bits per heavy atom. The molecule has 49 heavy (non-hydrogen) atoms. The number of hydrogen-bond donors (Lipinski definition) is 2. The number of aromatic hydroxyl groups is 1. The van der Waals surface area contributed by atoms with Gasteiger partial charge in [-0.15, -0.1) is 11.3 Å². The van der Waals surface area contributed by atoms with Crippen LogP contribution >= 0.6 is 11.3 Å². The summed E-state index contributed by atoms with van der Waals surface area (Å²) in [6.07, 6.45) is 23.0. The lowest BCUT2D eigenvalue weighted by atomic mass is 9.95. The highest BCUT2D eigenvalue weighted by molar-refractivity contribution is 7.12. The van der Waals surface area contributed by atoms with E-state index in [1.165, 1.54) is 77.0 Å². The Morgan fingerprint density at radius 2 is 1.35 bits per heavy atom. The molecule has 6 nitrogen and oxygen atoms in total. The first-order valence-electron chi connectivity index (χ1n) is 19.0. The number of carbonyl (C=O) groups is 1. The fraction of sp³-hybridized carbons (Fsp3) is 0.524. The molecular formula is C42H60N4O2S. The molecule has 0 radical (unpaired) electrons. The first-order chi connectivity index (χ1) is 24.0. The molecule has 0 saturated carbocycles. The number of unbranched alkanes of at least 4 members (excludes halogenated alkanes) is 12. The molecule has 7 heteroatoms. The second-order valence-corrected chi connectivity index (χ2v) is 14.5. The van der Waals surface area contributed by atoms with Gasteiger partial charge in [-0.25, -0.2) is 4.99 Å². The molecule has 3 aromatic rings. The smallest absolute Gasteiger partial charge is 0.246 e. The largest absolute Gasteiger partial charge is 0.507 e. The lowest BCUT2D eigenvalue weighted by Gasteiger charge is -2.35. The number of carbonyl (C=O) groups excluding carboxylic acids is 1. The van der Waals surface area contributed by atoms with E-state index in [4.69, 9.17) is 5.73 Å². The average Bonchev–Trinajstić information content (AvgIpc) is 3.67. The summed E-state index contributed by atoms with van der Waals surface area (Å²) in [6.45, 7) is 7.43. The van der Waals surface area contributed by atoms with Crippen LogP contribution in [0.5, 0.6) is 5.75 Å². The number of amides is 1. The minimum absolute atomic E-state index is 0.0451. The zero-order valence-electron chi connectivity index (χ0n) is 30.2. The maximum Gasteiger partial charge on any atom is 0.246 e. The zero-order chi connectivity index (χ0) is 34.7. The van der Waals surface area contributed by atoms with Crippen molar-refractivity contribution in [3.05, 3.63) is 81.6 Å². The Balaban J connectivity index is 1.31. The molecule has 0 bridgehead atoms. The second kappa shape index (κ2) is 21.5. The normalized spacial score (nSPS) is 13.9. The van der Waals surface area contributed by atoms with E-state index in [0.29, 0.717) is 24.7 Å². The number of aryl methyl sites for hydroxylation is 2. The Kier molecular flexibility index (Phi) is 16.8. The lowest BCUT2D eigenvalue weighted by molar-refractivity contribution is -0.126. The number of phenols is 1. The molecule has 1 aliphatic rings. The van der Waals surface area contributed by atoms with E-state index in [2.05, 4.69) is 48.0 Å². The number of hydrogen-bond acceptors (Lipinski definition) is 5. The van der Waals surface area contributed by atoms with Crippen LogP contribution < -0.4 is 10.6 Å². The number of nitrogens with two attached hydrogens (primary N) is 1. The molecule has 0 atom stereocenters. The summed E-state index contributed by atoms with van der Waals surface area (Å²) in [5.41, 5.74) is 11.2. The van der Waals surface area contributed by atoms with Crippen LogP contribution in [0.15, 0.2) is 65.0 Å². The molecule has 1 fully saturated rings. The first-order valence-corrected chi connectivity index (χ1v) is 19.9. The third-order valence-electron chi connectivity index (χ3n) is 9.64. The highest BCUT2D eigenvalue weighted by atomic mass is 32.1. The summed E-state index contributed by atoms with van der Waals surface area (Å²) in [5.74, 6) is 1.05. The minimum Gasteiger partial charge on any atom is -0.507 e. The van der Waals surface area contributed by atoms with Crippen LogP contribution in [0.3, 0.4) is 0 Å². The molecule has 0 aliphatic carbocycles. The topological polar surface area (TPSA) is 82.2 Å². The third-order valence-corrected chi connectivity index (χ3v) is 10.5. The molecule has 1 saturated heterocycles. The van der Waals surface area contributed by atoms with E-state index in [1.54, 1.807) is 17.4 Å². The van der Waals surface area contributed by atoms with Crippen molar-refractivity contribution in [3.8, 4) is 5.75 Å². The molecular weight excluding hydrogens is 625 g/mol. The van der Waals surface area contributed by atoms with Gasteiger partial charge in [0.2, 0.25) is 5.91 Å². The summed E-state index contributed by atoms with van der Waals surface area (Å²) < 4.78 is 0. The van der Waals surface area contributed by atoms with Crippen molar-refractivity contribution in [1.82, 2.24) is 4.90 Å². The molecule has 1 aliphatic heterocycles. The molecule has 0 unspecified atom stereocenters. The quantitative estimate of drug-likeness (QED) is 0.0506. The van der Waals surface area contributed by atoms with Crippen molar-refractivity contribution >= 4 is 40.5 Å². The van der Waals surface area contributed by atoms with E-state index in [0.717, 1.165) is 71.7 Å². The number of thiophene rings is 1. The molecule has 266 valence electrons. The van der Waals surface area contributed by atoms with E-state index < -0.39 is 0 Å².